The van der Waals surface area contributed by atoms with Crippen LogP contribution in [0.4, 0.5) is 0 Å². The molecule has 5 heteroatoms. The molecule has 2 rings (SSSR count). The van der Waals surface area contributed by atoms with E-state index in [0.29, 0.717) is 6.04 Å². The van der Waals surface area contributed by atoms with Gasteiger partial charge in [0.15, 0.2) is 0 Å². The molecule has 1 heterocycles. The van der Waals surface area contributed by atoms with Crippen molar-refractivity contribution in [2.75, 3.05) is 7.11 Å². The zero-order chi connectivity index (χ0) is 14.4. The second kappa shape index (κ2) is 7.78. The van der Waals surface area contributed by atoms with Crippen LogP contribution in [-0.2, 0) is 12.8 Å². The van der Waals surface area contributed by atoms with Crippen LogP contribution >= 0.6 is 27.3 Å². The van der Waals surface area contributed by atoms with E-state index in [1.54, 1.807) is 18.4 Å². The lowest BCUT2D eigenvalue weighted by Gasteiger charge is -2.15. The molecule has 0 aliphatic carbocycles. The van der Waals surface area contributed by atoms with Gasteiger partial charge in [0, 0.05) is 10.9 Å². The van der Waals surface area contributed by atoms with E-state index in [4.69, 9.17) is 10.6 Å². The molecule has 1 unspecified atom stereocenters. The average molecular weight is 355 g/mol. The Morgan fingerprint density at radius 1 is 1.25 bits per heavy atom. The molecule has 1 atom stereocenters. The first-order valence-electron chi connectivity index (χ1n) is 6.54. The highest BCUT2D eigenvalue weighted by atomic mass is 79.9. The maximum absolute atomic E-state index is 5.66. The molecular formula is C15H19BrN2OS. The van der Waals surface area contributed by atoms with E-state index < -0.39 is 0 Å². The highest BCUT2D eigenvalue weighted by molar-refractivity contribution is 9.11. The molecule has 2 aromatic rings. The smallest absolute Gasteiger partial charge is 0.118 e. The Morgan fingerprint density at radius 2 is 2.00 bits per heavy atom. The summed E-state index contributed by atoms with van der Waals surface area (Å²) in [4.78, 5) is 1.34. The molecule has 0 saturated heterocycles. The third-order valence-corrected chi connectivity index (χ3v) is 4.90. The Labute approximate surface area is 132 Å². The number of nitrogens with two attached hydrogens (primary N) is 1. The topological polar surface area (TPSA) is 47.3 Å². The van der Waals surface area contributed by atoms with Crippen LogP contribution < -0.4 is 16.0 Å². The van der Waals surface area contributed by atoms with Crippen molar-refractivity contribution in [3.63, 3.8) is 0 Å². The van der Waals surface area contributed by atoms with Crippen LogP contribution in [0.5, 0.6) is 5.75 Å². The number of rotatable bonds is 7. The van der Waals surface area contributed by atoms with Crippen LogP contribution in [-0.4, -0.2) is 13.2 Å². The van der Waals surface area contributed by atoms with Gasteiger partial charge in [0.1, 0.15) is 5.75 Å². The first-order valence-corrected chi connectivity index (χ1v) is 8.15. The Hall–Kier alpha value is -0.880. The Balaban J connectivity index is 1.86. The zero-order valence-corrected chi connectivity index (χ0v) is 13.8. The largest absolute Gasteiger partial charge is 0.497 e. The SMILES string of the molecule is COc1ccc(CCC(Cc2ccc(Br)s2)NN)cc1. The van der Waals surface area contributed by atoms with E-state index >= 15 is 0 Å². The average Bonchev–Trinajstić information content (AvgIpc) is 2.89. The molecule has 0 aliphatic heterocycles. The predicted octanol–water partition coefficient (Wildman–Crippen LogP) is 3.53. The highest BCUT2D eigenvalue weighted by Crippen LogP contribution is 2.24. The number of thiophene rings is 1. The maximum atomic E-state index is 5.66. The summed E-state index contributed by atoms with van der Waals surface area (Å²) in [5, 5.41) is 0. The van der Waals surface area contributed by atoms with Crippen molar-refractivity contribution in [1.29, 1.82) is 0 Å². The summed E-state index contributed by atoms with van der Waals surface area (Å²) in [6.07, 6.45) is 2.98. The summed E-state index contributed by atoms with van der Waals surface area (Å²) in [5.74, 6) is 6.55. The van der Waals surface area contributed by atoms with Crippen LogP contribution in [0.1, 0.15) is 16.9 Å². The molecule has 0 radical (unpaired) electrons. The molecule has 3 nitrogen and oxygen atoms in total. The molecule has 0 bridgehead atoms. The predicted molar refractivity (Wildman–Crippen MR) is 88.1 cm³/mol. The molecule has 0 spiro atoms. The quantitative estimate of drug-likeness (QED) is 0.590. The van der Waals surface area contributed by atoms with Gasteiger partial charge in [-0.3, -0.25) is 11.3 Å². The number of hydrogen-bond acceptors (Lipinski definition) is 4. The van der Waals surface area contributed by atoms with Gasteiger partial charge in [0.05, 0.1) is 10.9 Å². The number of nitrogens with one attached hydrogen (secondary N) is 1. The molecule has 0 saturated carbocycles. The second-order valence-electron chi connectivity index (χ2n) is 4.66. The summed E-state index contributed by atoms with van der Waals surface area (Å²) >= 11 is 5.25. The van der Waals surface area contributed by atoms with Crippen molar-refractivity contribution in [2.45, 2.75) is 25.3 Å². The number of benzene rings is 1. The normalized spacial score (nSPS) is 12.3. The number of hydrogen-bond donors (Lipinski definition) is 2. The molecule has 1 aromatic heterocycles. The van der Waals surface area contributed by atoms with Crippen LogP contribution in [0, 0.1) is 0 Å². The fraction of sp³-hybridized carbons (Fsp3) is 0.333. The van der Waals surface area contributed by atoms with Gasteiger partial charge in [-0.25, -0.2) is 0 Å². The first-order chi connectivity index (χ1) is 9.71. The standard InChI is InChI=1S/C15H19BrN2OS/c1-19-13-6-3-11(4-7-13)2-5-12(18-17)10-14-8-9-15(16)20-14/h3-4,6-9,12,18H,2,5,10,17H2,1H3. The minimum absolute atomic E-state index is 0.294. The van der Waals surface area contributed by atoms with Crippen LogP contribution in [0.3, 0.4) is 0 Å². The summed E-state index contributed by atoms with van der Waals surface area (Å²) in [6, 6.07) is 12.7. The Bertz CT molecular complexity index is 527. The van der Waals surface area contributed by atoms with E-state index in [9.17, 15) is 0 Å². The molecule has 108 valence electrons. The first kappa shape index (κ1) is 15.5. The van der Waals surface area contributed by atoms with E-state index in [0.717, 1.165) is 25.0 Å². The van der Waals surface area contributed by atoms with Gasteiger partial charge >= 0.3 is 0 Å². The van der Waals surface area contributed by atoms with Gasteiger partial charge in [-0.05, 0) is 65.0 Å². The minimum Gasteiger partial charge on any atom is -0.497 e. The fourth-order valence-electron chi connectivity index (χ4n) is 2.08. The fourth-order valence-corrected chi connectivity index (χ4v) is 3.64. The van der Waals surface area contributed by atoms with E-state index in [-0.39, 0.29) is 0 Å². The lowest BCUT2D eigenvalue weighted by molar-refractivity contribution is 0.414. The third-order valence-electron chi connectivity index (χ3n) is 3.25. The van der Waals surface area contributed by atoms with Crippen molar-refractivity contribution in [3.8, 4) is 5.75 Å². The van der Waals surface area contributed by atoms with Crippen LogP contribution in [0.15, 0.2) is 40.2 Å². The minimum atomic E-state index is 0.294. The Morgan fingerprint density at radius 3 is 2.55 bits per heavy atom. The lowest BCUT2D eigenvalue weighted by atomic mass is 10.0. The van der Waals surface area contributed by atoms with Gasteiger partial charge < -0.3 is 4.74 Å². The lowest BCUT2D eigenvalue weighted by Crippen LogP contribution is -2.36. The summed E-state index contributed by atoms with van der Waals surface area (Å²) in [7, 11) is 1.68. The molecule has 0 amide bonds. The summed E-state index contributed by atoms with van der Waals surface area (Å²) < 4.78 is 6.33. The van der Waals surface area contributed by atoms with Gasteiger partial charge in [0.2, 0.25) is 0 Å². The second-order valence-corrected chi connectivity index (χ2v) is 7.21. The van der Waals surface area contributed by atoms with Gasteiger partial charge in [-0.15, -0.1) is 11.3 Å². The van der Waals surface area contributed by atoms with Crippen molar-refractivity contribution in [1.82, 2.24) is 5.43 Å². The number of halogens is 1. The number of aryl methyl sites for hydroxylation is 1. The van der Waals surface area contributed by atoms with Crippen molar-refractivity contribution < 1.29 is 4.74 Å². The third kappa shape index (κ3) is 4.59. The maximum Gasteiger partial charge on any atom is 0.118 e. The molecule has 3 N–H and O–H groups in total. The molecule has 1 aromatic carbocycles. The summed E-state index contributed by atoms with van der Waals surface area (Å²) in [6.45, 7) is 0. The van der Waals surface area contributed by atoms with Gasteiger partial charge in [-0.1, -0.05) is 12.1 Å². The van der Waals surface area contributed by atoms with Gasteiger partial charge in [-0.2, -0.15) is 0 Å². The number of methoxy groups -OCH3 is 1. The van der Waals surface area contributed by atoms with E-state index in [1.165, 1.54) is 14.2 Å². The Kier molecular flexibility index (Phi) is 6.04. The van der Waals surface area contributed by atoms with Crippen molar-refractivity contribution in [2.24, 2.45) is 5.84 Å². The zero-order valence-electron chi connectivity index (χ0n) is 11.4. The number of hydrazine groups is 1. The van der Waals surface area contributed by atoms with E-state index in [1.807, 2.05) is 12.1 Å². The summed E-state index contributed by atoms with van der Waals surface area (Å²) in [5.41, 5.74) is 4.22. The molecular weight excluding hydrogens is 336 g/mol. The number of ether oxygens (including phenoxy) is 1. The monoisotopic (exact) mass is 354 g/mol. The molecule has 0 fully saturated rings. The van der Waals surface area contributed by atoms with Crippen molar-refractivity contribution in [3.05, 3.63) is 50.6 Å². The van der Waals surface area contributed by atoms with Gasteiger partial charge in [0.25, 0.3) is 0 Å². The highest BCUT2D eigenvalue weighted by Gasteiger charge is 2.09. The van der Waals surface area contributed by atoms with Crippen molar-refractivity contribution >= 4 is 27.3 Å². The van der Waals surface area contributed by atoms with Crippen LogP contribution in [0.2, 0.25) is 0 Å². The van der Waals surface area contributed by atoms with Crippen LogP contribution in [0.25, 0.3) is 0 Å². The molecule has 20 heavy (non-hydrogen) atoms. The van der Waals surface area contributed by atoms with E-state index in [2.05, 4.69) is 45.6 Å². The molecule has 0 aliphatic rings.